The van der Waals surface area contributed by atoms with Crippen LogP contribution in [-0.2, 0) is 4.79 Å². The van der Waals surface area contributed by atoms with Gasteiger partial charge in [-0.1, -0.05) is 20.3 Å². The zero-order chi connectivity index (χ0) is 14.2. The molecule has 5 nitrogen and oxygen atoms in total. The Kier molecular flexibility index (Phi) is 4.06. The summed E-state index contributed by atoms with van der Waals surface area (Å²) < 4.78 is 0. The van der Waals surface area contributed by atoms with Gasteiger partial charge in [0.2, 0.25) is 0 Å². The van der Waals surface area contributed by atoms with E-state index in [1.165, 1.54) is 0 Å². The number of nitrogens with zero attached hydrogens (tertiary/aromatic N) is 1. The lowest BCUT2D eigenvalue weighted by Gasteiger charge is -2.42. The van der Waals surface area contributed by atoms with Crippen molar-refractivity contribution in [2.45, 2.75) is 44.8 Å². The lowest BCUT2D eigenvalue weighted by molar-refractivity contribution is -0.137. The van der Waals surface area contributed by atoms with Gasteiger partial charge in [-0.25, -0.2) is 4.79 Å². The Morgan fingerprint density at radius 1 is 1.42 bits per heavy atom. The fourth-order valence-corrected chi connectivity index (χ4v) is 3.48. The molecular weight excluding hydrogens is 268 g/mol. The molecule has 1 saturated carbocycles. The maximum absolute atomic E-state index is 12.7. The van der Waals surface area contributed by atoms with Gasteiger partial charge < -0.3 is 10.4 Å². The van der Waals surface area contributed by atoms with E-state index in [4.69, 9.17) is 11.6 Å². The predicted molar refractivity (Wildman–Crippen MR) is 71.9 cm³/mol. The van der Waals surface area contributed by atoms with Crippen LogP contribution >= 0.6 is 11.6 Å². The number of aliphatic hydroxyl groups is 1. The number of amides is 3. The Morgan fingerprint density at radius 3 is 2.53 bits per heavy atom. The van der Waals surface area contributed by atoms with Crippen molar-refractivity contribution in [3.05, 3.63) is 0 Å². The minimum Gasteiger partial charge on any atom is -0.390 e. The highest BCUT2D eigenvalue weighted by atomic mass is 35.5. The van der Waals surface area contributed by atoms with Gasteiger partial charge in [0.05, 0.1) is 18.5 Å². The van der Waals surface area contributed by atoms with Crippen LogP contribution in [0.15, 0.2) is 0 Å². The number of rotatable bonds is 3. The standard InChI is InChI=1S/C13H21ClN2O3/c1-8-4-3-5-9(2)13(8)11(18)16(12(19)15-13)7-10(17)6-14/h8-10,17H,3-7H2,1-2H3,(H,15,19). The summed E-state index contributed by atoms with van der Waals surface area (Å²) in [5, 5.41) is 12.4. The molecule has 1 saturated heterocycles. The van der Waals surface area contributed by atoms with Gasteiger partial charge in [0.1, 0.15) is 5.54 Å². The van der Waals surface area contributed by atoms with Crippen molar-refractivity contribution in [2.24, 2.45) is 11.8 Å². The minimum atomic E-state index is -0.874. The van der Waals surface area contributed by atoms with Crippen LogP contribution in [0.4, 0.5) is 4.79 Å². The lowest BCUT2D eigenvalue weighted by atomic mass is 9.67. The third kappa shape index (κ3) is 2.23. The highest BCUT2D eigenvalue weighted by molar-refractivity contribution is 6.18. The maximum Gasteiger partial charge on any atom is 0.325 e. The van der Waals surface area contributed by atoms with Crippen LogP contribution in [0.5, 0.6) is 0 Å². The molecule has 2 rings (SSSR count). The Bertz CT molecular complexity index is 378. The van der Waals surface area contributed by atoms with Gasteiger partial charge in [-0.2, -0.15) is 0 Å². The molecule has 3 atom stereocenters. The largest absolute Gasteiger partial charge is 0.390 e. The number of carbonyl (C=O) groups excluding carboxylic acids is 2. The predicted octanol–water partition coefficient (Wildman–Crippen LogP) is 1.33. The van der Waals surface area contributed by atoms with E-state index in [-0.39, 0.29) is 30.2 Å². The van der Waals surface area contributed by atoms with Gasteiger partial charge >= 0.3 is 6.03 Å². The minimum absolute atomic E-state index is 0.00909. The first kappa shape index (κ1) is 14.6. The molecule has 3 amide bonds. The molecule has 108 valence electrons. The van der Waals surface area contributed by atoms with Gasteiger partial charge in [-0.05, 0) is 24.7 Å². The molecule has 0 bridgehead atoms. The number of aliphatic hydroxyl groups excluding tert-OH is 1. The first-order chi connectivity index (χ1) is 8.93. The number of hydrogen-bond acceptors (Lipinski definition) is 3. The number of urea groups is 1. The van der Waals surface area contributed by atoms with Crippen molar-refractivity contribution in [1.82, 2.24) is 10.2 Å². The molecule has 19 heavy (non-hydrogen) atoms. The highest BCUT2D eigenvalue weighted by Gasteiger charge is 2.58. The lowest BCUT2D eigenvalue weighted by Crippen LogP contribution is -2.59. The van der Waals surface area contributed by atoms with Crippen molar-refractivity contribution in [3.8, 4) is 0 Å². The number of halogens is 1. The second kappa shape index (κ2) is 5.29. The summed E-state index contributed by atoms with van der Waals surface area (Å²) in [7, 11) is 0. The smallest absolute Gasteiger partial charge is 0.325 e. The Labute approximate surface area is 118 Å². The molecule has 2 aliphatic rings. The SMILES string of the molecule is CC1CCCC(C)C12NC(=O)N(CC(O)CCl)C2=O. The van der Waals surface area contributed by atoms with Crippen LogP contribution < -0.4 is 5.32 Å². The van der Waals surface area contributed by atoms with Crippen LogP contribution in [0, 0.1) is 11.8 Å². The summed E-state index contributed by atoms with van der Waals surface area (Å²) in [5.74, 6) is 0.0351. The fraction of sp³-hybridized carbons (Fsp3) is 0.846. The average Bonchev–Trinajstić information content (AvgIpc) is 2.62. The van der Waals surface area contributed by atoms with Gasteiger partial charge in [0.15, 0.2) is 0 Å². The number of nitrogens with one attached hydrogen (secondary N) is 1. The molecule has 0 aromatic heterocycles. The van der Waals surface area contributed by atoms with E-state index in [9.17, 15) is 14.7 Å². The van der Waals surface area contributed by atoms with Crippen molar-refractivity contribution >= 4 is 23.5 Å². The van der Waals surface area contributed by atoms with E-state index in [0.29, 0.717) is 0 Å². The number of imide groups is 1. The van der Waals surface area contributed by atoms with Crippen molar-refractivity contribution < 1.29 is 14.7 Å². The summed E-state index contributed by atoms with van der Waals surface area (Å²) in [5.41, 5.74) is -0.790. The number of carbonyl (C=O) groups is 2. The molecule has 2 N–H and O–H groups in total. The van der Waals surface area contributed by atoms with Crippen LogP contribution in [-0.4, -0.2) is 46.0 Å². The Balaban J connectivity index is 2.25. The summed E-state index contributed by atoms with van der Waals surface area (Å²) in [4.78, 5) is 25.8. The second-order valence-electron chi connectivity index (χ2n) is 5.76. The second-order valence-corrected chi connectivity index (χ2v) is 6.06. The molecule has 0 aromatic carbocycles. The van der Waals surface area contributed by atoms with E-state index in [1.54, 1.807) is 0 Å². The van der Waals surface area contributed by atoms with Crippen molar-refractivity contribution in [2.75, 3.05) is 12.4 Å². The molecule has 2 fully saturated rings. The average molecular weight is 289 g/mol. The van der Waals surface area contributed by atoms with Crippen LogP contribution in [0.25, 0.3) is 0 Å². The van der Waals surface area contributed by atoms with E-state index in [1.807, 2.05) is 13.8 Å². The number of alkyl halides is 1. The van der Waals surface area contributed by atoms with Crippen LogP contribution in [0.1, 0.15) is 33.1 Å². The van der Waals surface area contributed by atoms with Gasteiger partial charge in [0, 0.05) is 0 Å². The normalized spacial score (nSPS) is 36.7. The highest BCUT2D eigenvalue weighted by Crippen LogP contribution is 2.42. The zero-order valence-corrected chi connectivity index (χ0v) is 12.1. The summed E-state index contributed by atoms with van der Waals surface area (Å²) in [6.07, 6.45) is 2.07. The molecule has 1 aliphatic carbocycles. The van der Waals surface area contributed by atoms with Crippen LogP contribution in [0.2, 0.25) is 0 Å². The topological polar surface area (TPSA) is 69.6 Å². The van der Waals surface area contributed by atoms with Crippen molar-refractivity contribution in [1.29, 1.82) is 0 Å². The monoisotopic (exact) mass is 288 g/mol. The Morgan fingerprint density at radius 2 is 2.00 bits per heavy atom. The maximum atomic E-state index is 12.7. The molecule has 3 unspecified atom stereocenters. The van der Waals surface area contributed by atoms with E-state index in [2.05, 4.69) is 5.32 Å². The number of β-amino-alcohol motifs (C(OH)–C–C–N with tert-alkyl or cyclic N) is 1. The molecule has 0 aromatic rings. The third-order valence-electron chi connectivity index (χ3n) is 4.56. The third-order valence-corrected chi connectivity index (χ3v) is 4.91. The van der Waals surface area contributed by atoms with Gasteiger partial charge in [-0.3, -0.25) is 9.69 Å². The van der Waals surface area contributed by atoms with Crippen molar-refractivity contribution in [3.63, 3.8) is 0 Å². The molecule has 6 heteroatoms. The van der Waals surface area contributed by atoms with Gasteiger partial charge in [0.25, 0.3) is 5.91 Å². The molecule has 1 spiro atoms. The summed E-state index contributed by atoms with van der Waals surface area (Å²) >= 11 is 5.54. The summed E-state index contributed by atoms with van der Waals surface area (Å²) in [6.45, 7) is 3.99. The van der Waals surface area contributed by atoms with E-state index >= 15 is 0 Å². The van der Waals surface area contributed by atoms with E-state index < -0.39 is 17.7 Å². The van der Waals surface area contributed by atoms with Gasteiger partial charge in [-0.15, -0.1) is 11.6 Å². The number of hydrogen-bond donors (Lipinski definition) is 2. The first-order valence-electron chi connectivity index (χ1n) is 6.81. The molecule has 0 radical (unpaired) electrons. The molecule has 1 aliphatic heterocycles. The molecule has 1 heterocycles. The zero-order valence-electron chi connectivity index (χ0n) is 11.4. The summed E-state index contributed by atoms with van der Waals surface area (Å²) in [6, 6.07) is -0.408. The first-order valence-corrected chi connectivity index (χ1v) is 7.35. The Hall–Kier alpha value is -0.810. The fourth-order valence-electron chi connectivity index (χ4n) is 3.38. The van der Waals surface area contributed by atoms with Crippen LogP contribution in [0.3, 0.4) is 0 Å². The van der Waals surface area contributed by atoms with E-state index in [0.717, 1.165) is 24.2 Å². The molecular formula is C13H21ClN2O3. The quantitative estimate of drug-likeness (QED) is 0.608.